The average Bonchev–Trinajstić information content (AvgIpc) is 2.41. The van der Waals surface area contributed by atoms with Crippen molar-refractivity contribution in [3.8, 4) is 0 Å². The molecule has 0 aliphatic carbocycles. The van der Waals surface area contributed by atoms with Crippen molar-refractivity contribution in [3.05, 3.63) is 35.1 Å². The summed E-state index contributed by atoms with van der Waals surface area (Å²) in [6.45, 7) is 0. The van der Waals surface area contributed by atoms with Crippen LogP contribution in [-0.4, -0.2) is 22.0 Å². The lowest BCUT2D eigenvalue weighted by molar-refractivity contribution is -0.137. The normalized spacial score (nSPS) is 11.4. The Balaban J connectivity index is 2.22. The fourth-order valence-electron chi connectivity index (χ4n) is 1.25. The molecular weight excluding hydrogens is 313 g/mol. The Morgan fingerprint density at radius 3 is 2.50 bits per heavy atom. The van der Waals surface area contributed by atoms with E-state index in [4.69, 9.17) is 11.6 Å². The summed E-state index contributed by atoms with van der Waals surface area (Å²) in [7, 11) is 1.65. The highest BCUT2D eigenvalue weighted by molar-refractivity contribution is 7.99. The quantitative estimate of drug-likeness (QED) is 0.873. The summed E-state index contributed by atoms with van der Waals surface area (Å²) in [6, 6.07) is 2.23. The number of pyridine rings is 1. The van der Waals surface area contributed by atoms with Gasteiger partial charge in [0.25, 0.3) is 0 Å². The van der Waals surface area contributed by atoms with Gasteiger partial charge in [-0.25, -0.2) is 15.0 Å². The molecule has 0 saturated heterocycles. The topological polar surface area (TPSA) is 50.7 Å². The minimum absolute atomic E-state index is 0.302. The molecule has 2 heterocycles. The van der Waals surface area contributed by atoms with Crippen LogP contribution in [0.25, 0.3) is 0 Å². The Morgan fingerprint density at radius 1 is 1.20 bits per heavy atom. The molecule has 0 saturated carbocycles. The van der Waals surface area contributed by atoms with Gasteiger partial charge >= 0.3 is 6.18 Å². The summed E-state index contributed by atoms with van der Waals surface area (Å²) >= 11 is 6.99. The van der Waals surface area contributed by atoms with Gasteiger partial charge in [0.15, 0.2) is 0 Å². The van der Waals surface area contributed by atoms with Gasteiger partial charge in [0.1, 0.15) is 10.1 Å². The van der Waals surface area contributed by atoms with E-state index in [9.17, 15) is 13.2 Å². The van der Waals surface area contributed by atoms with Crippen LogP contribution in [0, 0.1) is 0 Å². The van der Waals surface area contributed by atoms with Crippen molar-refractivity contribution in [1.29, 1.82) is 0 Å². The molecular formula is C11H8ClF3N4S. The second kappa shape index (κ2) is 5.84. The van der Waals surface area contributed by atoms with E-state index < -0.39 is 11.7 Å². The summed E-state index contributed by atoms with van der Waals surface area (Å²) in [4.78, 5) is 11.8. The van der Waals surface area contributed by atoms with Crippen molar-refractivity contribution < 1.29 is 13.2 Å². The predicted octanol–water partition coefficient (Wildman–Crippen LogP) is 3.74. The van der Waals surface area contributed by atoms with Crippen molar-refractivity contribution in [3.63, 3.8) is 0 Å². The SMILES string of the molecule is CNc1ncc(Cl)c(Sc2ccc(C(F)(F)F)cn2)n1. The second-order valence-electron chi connectivity index (χ2n) is 3.58. The Morgan fingerprint density at radius 2 is 1.95 bits per heavy atom. The standard InChI is InChI=1S/C11H8ClF3N4S/c1-16-10-18-5-7(12)9(19-10)20-8-3-2-6(4-17-8)11(13,14)15/h2-5H,1H3,(H,16,18,19). The van der Waals surface area contributed by atoms with Crippen LogP contribution < -0.4 is 5.32 Å². The molecule has 0 fully saturated rings. The molecule has 0 spiro atoms. The van der Waals surface area contributed by atoms with Gasteiger partial charge in [-0.05, 0) is 23.9 Å². The molecule has 0 aromatic carbocycles. The third-order valence-corrected chi connectivity index (χ3v) is 3.54. The van der Waals surface area contributed by atoms with E-state index in [-0.39, 0.29) is 0 Å². The molecule has 106 valence electrons. The third-order valence-electron chi connectivity index (χ3n) is 2.20. The highest BCUT2D eigenvalue weighted by Gasteiger charge is 2.30. The smallest absolute Gasteiger partial charge is 0.357 e. The van der Waals surface area contributed by atoms with Crippen molar-refractivity contribution in [2.75, 3.05) is 12.4 Å². The number of alkyl halides is 3. The van der Waals surface area contributed by atoms with Crippen LogP contribution in [0.4, 0.5) is 19.1 Å². The lowest BCUT2D eigenvalue weighted by Crippen LogP contribution is -2.05. The highest BCUT2D eigenvalue weighted by atomic mass is 35.5. The monoisotopic (exact) mass is 320 g/mol. The Labute approximate surface area is 121 Å². The number of nitrogens with zero attached hydrogens (tertiary/aromatic N) is 3. The molecule has 0 aliphatic heterocycles. The van der Waals surface area contributed by atoms with E-state index in [0.29, 0.717) is 21.0 Å². The molecule has 4 nitrogen and oxygen atoms in total. The Kier molecular flexibility index (Phi) is 4.34. The maximum Gasteiger partial charge on any atom is 0.417 e. The lowest BCUT2D eigenvalue weighted by Gasteiger charge is -2.07. The lowest BCUT2D eigenvalue weighted by atomic mass is 10.3. The zero-order chi connectivity index (χ0) is 14.8. The average molecular weight is 321 g/mol. The number of aromatic nitrogens is 3. The first-order valence-corrected chi connectivity index (χ1v) is 6.51. The van der Waals surface area contributed by atoms with Crippen LogP contribution in [0.2, 0.25) is 5.02 Å². The largest absolute Gasteiger partial charge is 0.417 e. The minimum atomic E-state index is -4.40. The molecule has 2 aromatic heterocycles. The molecule has 2 rings (SSSR count). The zero-order valence-corrected chi connectivity index (χ0v) is 11.6. The van der Waals surface area contributed by atoms with Gasteiger partial charge in [-0.1, -0.05) is 11.6 Å². The van der Waals surface area contributed by atoms with Crippen LogP contribution in [-0.2, 0) is 6.18 Å². The molecule has 0 radical (unpaired) electrons. The number of hydrogen-bond acceptors (Lipinski definition) is 5. The van der Waals surface area contributed by atoms with Gasteiger partial charge < -0.3 is 5.32 Å². The maximum absolute atomic E-state index is 12.4. The highest BCUT2D eigenvalue weighted by Crippen LogP contribution is 2.33. The van der Waals surface area contributed by atoms with Crippen molar-refractivity contribution in [1.82, 2.24) is 15.0 Å². The van der Waals surface area contributed by atoms with Crippen LogP contribution in [0.3, 0.4) is 0 Å². The van der Waals surface area contributed by atoms with Gasteiger partial charge in [0.2, 0.25) is 5.95 Å². The summed E-state index contributed by atoms with van der Waals surface area (Å²) in [5.41, 5.74) is -0.799. The predicted molar refractivity (Wildman–Crippen MR) is 70.0 cm³/mol. The summed E-state index contributed by atoms with van der Waals surface area (Å²) in [6.07, 6.45) is -2.22. The number of hydrogen-bond donors (Lipinski definition) is 1. The molecule has 0 bridgehead atoms. The first-order chi connectivity index (χ1) is 9.40. The minimum Gasteiger partial charge on any atom is -0.357 e. The van der Waals surface area contributed by atoms with Crippen LogP contribution in [0.15, 0.2) is 34.6 Å². The Bertz CT molecular complexity index is 604. The molecule has 0 aliphatic rings. The third kappa shape index (κ3) is 3.51. The van der Waals surface area contributed by atoms with E-state index in [1.165, 1.54) is 12.3 Å². The van der Waals surface area contributed by atoms with Crippen LogP contribution in [0.5, 0.6) is 0 Å². The molecule has 0 amide bonds. The van der Waals surface area contributed by atoms with Gasteiger partial charge in [-0.15, -0.1) is 0 Å². The van der Waals surface area contributed by atoms with Crippen LogP contribution in [0.1, 0.15) is 5.56 Å². The van der Waals surface area contributed by atoms with E-state index in [2.05, 4.69) is 20.3 Å². The molecule has 9 heteroatoms. The number of nitrogens with one attached hydrogen (secondary N) is 1. The van der Waals surface area contributed by atoms with Crippen molar-refractivity contribution >= 4 is 29.3 Å². The van der Waals surface area contributed by atoms with Crippen molar-refractivity contribution in [2.24, 2.45) is 0 Å². The molecule has 0 unspecified atom stereocenters. The first-order valence-electron chi connectivity index (χ1n) is 5.31. The van der Waals surface area contributed by atoms with Gasteiger partial charge in [-0.2, -0.15) is 13.2 Å². The molecule has 1 N–H and O–H groups in total. The zero-order valence-electron chi connectivity index (χ0n) is 10.1. The number of rotatable bonds is 3. The molecule has 0 atom stereocenters. The summed E-state index contributed by atoms with van der Waals surface area (Å²) < 4.78 is 37.2. The first kappa shape index (κ1) is 14.9. The van der Waals surface area contributed by atoms with Crippen molar-refractivity contribution in [2.45, 2.75) is 16.2 Å². The van der Waals surface area contributed by atoms with E-state index in [1.54, 1.807) is 7.05 Å². The van der Waals surface area contributed by atoms with Gasteiger partial charge in [-0.3, -0.25) is 0 Å². The number of halogens is 4. The fraction of sp³-hybridized carbons (Fsp3) is 0.182. The molecule has 20 heavy (non-hydrogen) atoms. The van der Waals surface area contributed by atoms with Gasteiger partial charge in [0.05, 0.1) is 16.8 Å². The fourth-order valence-corrected chi connectivity index (χ4v) is 2.18. The van der Waals surface area contributed by atoms with E-state index in [0.717, 1.165) is 24.0 Å². The van der Waals surface area contributed by atoms with Gasteiger partial charge in [0, 0.05) is 13.2 Å². The number of anilines is 1. The van der Waals surface area contributed by atoms with E-state index in [1.807, 2.05) is 0 Å². The molecule has 2 aromatic rings. The Hall–Kier alpha value is -1.54. The van der Waals surface area contributed by atoms with Crippen LogP contribution >= 0.6 is 23.4 Å². The second-order valence-corrected chi connectivity index (χ2v) is 5.00. The maximum atomic E-state index is 12.4. The summed E-state index contributed by atoms with van der Waals surface area (Å²) in [5, 5.41) is 3.82. The summed E-state index contributed by atoms with van der Waals surface area (Å²) in [5.74, 6) is 0.365. The van der Waals surface area contributed by atoms with E-state index >= 15 is 0 Å².